The summed E-state index contributed by atoms with van der Waals surface area (Å²) in [6, 6.07) is 13.6. The molecule has 4 nitrogen and oxygen atoms in total. The van der Waals surface area contributed by atoms with Crippen LogP contribution in [0.2, 0.25) is 5.02 Å². The lowest BCUT2D eigenvalue weighted by Crippen LogP contribution is -1.91. The van der Waals surface area contributed by atoms with Crippen molar-refractivity contribution in [3.63, 3.8) is 0 Å². The molecule has 3 aromatic rings. The van der Waals surface area contributed by atoms with E-state index in [1.165, 1.54) is 5.56 Å². The van der Waals surface area contributed by atoms with E-state index in [1.54, 1.807) is 0 Å². The molecule has 0 radical (unpaired) electrons. The summed E-state index contributed by atoms with van der Waals surface area (Å²) >= 11 is 5.99. The first-order valence-electron chi connectivity index (χ1n) is 6.76. The Morgan fingerprint density at radius 2 is 2.05 bits per heavy atom. The third-order valence-electron chi connectivity index (χ3n) is 3.58. The molecule has 0 fully saturated rings. The first-order chi connectivity index (χ1) is 10.3. The molecule has 2 aromatic carbocycles. The van der Waals surface area contributed by atoms with Gasteiger partial charge in [-0.05, 0) is 36.2 Å². The van der Waals surface area contributed by atoms with Crippen LogP contribution in [0.15, 0.2) is 47.0 Å². The van der Waals surface area contributed by atoms with Gasteiger partial charge in [0.25, 0.3) is 5.89 Å². The number of rotatable bonds is 2. The Balaban J connectivity index is 1.71. The summed E-state index contributed by atoms with van der Waals surface area (Å²) in [6.45, 7) is 0.983. The quantitative estimate of drug-likeness (QED) is 0.776. The van der Waals surface area contributed by atoms with E-state index in [4.69, 9.17) is 16.1 Å². The molecule has 0 spiro atoms. The Bertz CT molecular complexity index is 813. The zero-order valence-electron chi connectivity index (χ0n) is 11.1. The normalized spacial score (nSPS) is 13.0. The summed E-state index contributed by atoms with van der Waals surface area (Å²) in [4.78, 5) is 4.45. The summed E-state index contributed by atoms with van der Waals surface area (Å²) in [5.74, 6) is 1.06. The molecule has 1 aliphatic rings. The summed E-state index contributed by atoms with van der Waals surface area (Å²) in [5.41, 5.74) is 4.24. The fourth-order valence-electron chi connectivity index (χ4n) is 2.51. The number of fused-ring (bicyclic) bond motifs is 1. The maximum Gasteiger partial charge on any atom is 0.258 e. The van der Waals surface area contributed by atoms with Crippen LogP contribution in [0.1, 0.15) is 5.56 Å². The number of hydrogen-bond donors (Lipinski definition) is 1. The molecule has 5 heteroatoms. The number of nitrogens with one attached hydrogen (secondary N) is 1. The summed E-state index contributed by atoms with van der Waals surface area (Å²) in [5, 5.41) is 8.03. The van der Waals surface area contributed by atoms with E-state index in [9.17, 15) is 0 Å². The molecule has 0 atom stereocenters. The van der Waals surface area contributed by atoms with Crippen LogP contribution >= 0.6 is 11.6 Å². The largest absolute Gasteiger partial charge is 0.384 e. The lowest BCUT2D eigenvalue weighted by Gasteiger charge is -2.00. The van der Waals surface area contributed by atoms with Gasteiger partial charge in [-0.15, -0.1) is 0 Å². The molecule has 0 saturated heterocycles. The Kier molecular flexibility index (Phi) is 2.89. The second-order valence-electron chi connectivity index (χ2n) is 4.98. The molecule has 1 aliphatic heterocycles. The first-order valence-corrected chi connectivity index (χ1v) is 7.14. The van der Waals surface area contributed by atoms with Crippen LogP contribution < -0.4 is 5.32 Å². The van der Waals surface area contributed by atoms with Crippen LogP contribution in [0.4, 0.5) is 5.69 Å². The minimum atomic E-state index is 0.515. The number of halogens is 1. The summed E-state index contributed by atoms with van der Waals surface area (Å²) in [6.07, 6.45) is 1.06. The third-order valence-corrected chi connectivity index (χ3v) is 3.81. The zero-order chi connectivity index (χ0) is 14.2. The Hall–Kier alpha value is -2.33. The van der Waals surface area contributed by atoms with Gasteiger partial charge in [-0.25, -0.2) is 0 Å². The topological polar surface area (TPSA) is 51.0 Å². The van der Waals surface area contributed by atoms with Crippen LogP contribution in [0.3, 0.4) is 0 Å². The average Bonchev–Trinajstić information content (AvgIpc) is 3.15. The van der Waals surface area contributed by atoms with Gasteiger partial charge in [-0.2, -0.15) is 4.98 Å². The molecular formula is C16H12ClN3O. The van der Waals surface area contributed by atoms with Crippen LogP contribution in [0, 0.1) is 0 Å². The molecule has 0 bridgehead atoms. The van der Waals surface area contributed by atoms with Crippen LogP contribution in [-0.2, 0) is 6.42 Å². The number of aromatic nitrogens is 2. The minimum absolute atomic E-state index is 0.515. The third kappa shape index (κ3) is 2.28. The molecule has 0 saturated carbocycles. The zero-order valence-corrected chi connectivity index (χ0v) is 11.9. The van der Waals surface area contributed by atoms with Gasteiger partial charge in [0, 0.05) is 28.4 Å². The fourth-order valence-corrected chi connectivity index (χ4v) is 2.70. The van der Waals surface area contributed by atoms with E-state index in [0.29, 0.717) is 16.7 Å². The molecule has 4 rings (SSSR count). The number of benzene rings is 2. The van der Waals surface area contributed by atoms with Crippen molar-refractivity contribution in [2.75, 3.05) is 11.9 Å². The van der Waals surface area contributed by atoms with Crippen molar-refractivity contribution in [3.05, 3.63) is 53.1 Å². The molecule has 0 aliphatic carbocycles. The van der Waals surface area contributed by atoms with Crippen molar-refractivity contribution in [1.82, 2.24) is 10.1 Å². The molecule has 104 valence electrons. The first kappa shape index (κ1) is 12.4. The van der Waals surface area contributed by atoms with E-state index >= 15 is 0 Å². The maximum atomic E-state index is 5.99. The highest BCUT2D eigenvalue weighted by Crippen LogP contribution is 2.29. The molecule has 1 N–H and O–H groups in total. The van der Waals surface area contributed by atoms with E-state index < -0.39 is 0 Å². The van der Waals surface area contributed by atoms with E-state index in [2.05, 4.69) is 27.6 Å². The second-order valence-corrected chi connectivity index (χ2v) is 5.42. The van der Waals surface area contributed by atoms with Gasteiger partial charge < -0.3 is 9.84 Å². The Morgan fingerprint density at radius 1 is 1.10 bits per heavy atom. The van der Waals surface area contributed by atoms with Crippen LogP contribution in [0.5, 0.6) is 0 Å². The highest BCUT2D eigenvalue weighted by molar-refractivity contribution is 6.30. The van der Waals surface area contributed by atoms with Gasteiger partial charge >= 0.3 is 0 Å². The Labute approximate surface area is 126 Å². The predicted octanol–water partition coefficient (Wildman–Crippen LogP) is 4.03. The molecule has 1 aromatic heterocycles. The van der Waals surface area contributed by atoms with Crippen molar-refractivity contribution in [2.24, 2.45) is 0 Å². The molecular weight excluding hydrogens is 286 g/mol. The standard InChI is InChI=1S/C16H12ClN3O/c17-13-3-1-2-11(8-13)15-19-16(21-20-15)12-5-4-10-6-7-18-14(10)9-12/h1-5,8-9,18H,6-7H2. The Morgan fingerprint density at radius 3 is 2.95 bits per heavy atom. The van der Waals surface area contributed by atoms with Crippen molar-refractivity contribution in [1.29, 1.82) is 0 Å². The molecule has 21 heavy (non-hydrogen) atoms. The second kappa shape index (κ2) is 4.90. The van der Waals surface area contributed by atoms with Crippen LogP contribution in [-0.4, -0.2) is 16.7 Å². The van der Waals surface area contributed by atoms with Crippen LogP contribution in [0.25, 0.3) is 22.8 Å². The highest BCUT2D eigenvalue weighted by atomic mass is 35.5. The molecule has 0 amide bonds. The van der Waals surface area contributed by atoms with E-state index in [-0.39, 0.29) is 0 Å². The predicted molar refractivity (Wildman–Crippen MR) is 82.4 cm³/mol. The number of nitrogens with zero attached hydrogens (tertiary/aromatic N) is 2. The minimum Gasteiger partial charge on any atom is -0.384 e. The van der Waals surface area contributed by atoms with Gasteiger partial charge in [-0.1, -0.05) is 35.0 Å². The molecule has 2 heterocycles. The van der Waals surface area contributed by atoms with Crippen molar-refractivity contribution >= 4 is 17.3 Å². The van der Waals surface area contributed by atoms with E-state index in [1.807, 2.05) is 30.3 Å². The number of anilines is 1. The lowest BCUT2D eigenvalue weighted by atomic mass is 10.1. The summed E-state index contributed by atoms with van der Waals surface area (Å²) < 4.78 is 5.37. The fraction of sp³-hybridized carbons (Fsp3) is 0.125. The van der Waals surface area contributed by atoms with Crippen molar-refractivity contribution in [2.45, 2.75) is 6.42 Å². The monoisotopic (exact) mass is 297 g/mol. The van der Waals surface area contributed by atoms with Crippen molar-refractivity contribution < 1.29 is 4.52 Å². The van der Waals surface area contributed by atoms with E-state index in [0.717, 1.165) is 29.8 Å². The summed E-state index contributed by atoms with van der Waals surface area (Å²) in [7, 11) is 0. The highest BCUT2D eigenvalue weighted by Gasteiger charge is 2.15. The van der Waals surface area contributed by atoms with Crippen molar-refractivity contribution in [3.8, 4) is 22.8 Å². The maximum absolute atomic E-state index is 5.99. The SMILES string of the molecule is Clc1cccc(-c2noc(-c3ccc4c(c3)NCC4)n2)c1. The van der Waals surface area contributed by atoms with Gasteiger partial charge in [0.2, 0.25) is 5.82 Å². The van der Waals surface area contributed by atoms with Gasteiger partial charge in [0.1, 0.15) is 0 Å². The smallest absolute Gasteiger partial charge is 0.258 e. The number of hydrogen-bond acceptors (Lipinski definition) is 4. The molecule has 0 unspecified atom stereocenters. The van der Waals surface area contributed by atoms with Gasteiger partial charge in [-0.3, -0.25) is 0 Å². The lowest BCUT2D eigenvalue weighted by molar-refractivity contribution is 0.432. The van der Waals surface area contributed by atoms with Gasteiger partial charge in [0.05, 0.1) is 0 Å². The average molecular weight is 298 g/mol. The van der Waals surface area contributed by atoms with Gasteiger partial charge in [0.15, 0.2) is 0 Å².